The number of nitrogens with zero attached hydrogens (tertiary/aromatic N) is 3. The Bertz CT molecular complexity index is 1790. The predicted octanol–water partition coefficient (Wildman–Crippen LogP) is 7.41. The second-order valence-corrected chi connectivity index (χ2v) is 10.7. The van der Waals surface area contributed by atoms with Crippen LogP contribution >= 0.6 is 35.0 Å². The molecule has 2 amide bonds. The lowest BCUT2D eigenvalue weighted by Gasteiger charge is -2.14. The largest absolute Gasteiger partial charge is 0.418 e. The lowest BCUT2D eigenvalue weighted by Crippen LogP contribution is -2.25. The normalized spacial score (nSPS) is 11.5. The summed E-state index contributed by atoms with van der Waals surface area (Å²) in [4.78, 5) is 25.8. The van der Waals surface area contributed by atoms with Crippen molar-refractivity contribution in [1.82, 2.24) is 20.1 Å². The quantitative estimate of drug-likeness (QED) is 0.175. The van der Waals surface area contributed by atoms with Crippen LogP contribution in [-0.2, 0) is 17.5 Å². The van der Waals surface area contributed by atoms with Crippen LogP contribution in [0.15, 0.2) is 90.1 Å². The summed E-state index contributed by atoms with van der Waals surface area (Å²) in [7, 11) is 0. The smallest absolute Gasteiger partial charge is 0.345 e. The van der Waals surface area contributed by atoms with E-state index in [2.05, 4.69) is 20.8 Å². The molecule has 0 aliphatic carbocycles. The average molecular weight is 630 g/mol. The van der Waals surface area contributed by atoms with Gasteiger partial charge in [0.2, 0.25) is 5.91 Å². The monoisotopic (exact) mass is 629 g/mol. The Balaban J connectivity index is 1.37. The van der Waals surface area contributed by atoms with Gasteiger partial charge in [0.15, 0.2) is 11.0 Å². The Hall–Kier alpha value is -4.06. The number of para-hydroxylation sites is 1. The van der Waals surface area contributed by atoms with Crippen LogP contribution in [0.25, 0.3) is 16.5 Å². The molecule has 0 bridgehead atoms. The number of carbonyl (C=O) groups excluding carboxylic acids is 2. The van der Waals surface area contributed by atoms with Crippen molar-refractivity contribution in [2.75, 3.05) is 11.1 Å². The van der Waals surface area contributed by atoms with Crippen molar-refractivity contribution in [3.63, 3.8) is 0 Å². The van der Waals surface area contributed by atoms with Crippen molar-refractivity contribution in [3.05, 3.63) is 112 Å². The molecule has 0 fully saturated rings. The van der Waals surface area contributed by atoms with E-state index in [0.29, 0.717) is 22.1 Å². The standard InChI is InChI=1S/C29H20Cl2F3N5O2S/c30-22-13-12-18(14-23(22)31)39-25(15-35-27(41)20-9-5-7-17-6-1-2-8-19(17)20)37-38-28(39)42-16-26(40)36-24-11-4-3-10-21(24)29(32,33)34/h1-14H,15-16H2,(H,35,41)(H,36,40). The minimum atomic E-state index is -4.63. The second kappa shape index (κ2) is 12.4. The number of fused-ring (bicyclic) bond motifs is 1. The maximum Gasteiger partial charge on any atom is 0.418 e. The van der Waals surface area contributed by atoms with Gasteiger partial charge < -0.3 is 10.6 Å². The zero-order chi connectivity index (χ0) is 29.9. The molecule has 0 saturated carbocycles. The van der Waals surface area contributed by atoms with Crippen LogP contribution in [0.3, 0.4) is 0 Å². The zero-order valence-corrected chi connectivity index (χ0v) is 23.8. The Kier molecular flexibility index (Phi) is 8.72. The van der Waals surface area contributed by atoms with Gasteiger partial charge in [-0.3, -0.25) is 14.2 Å². The van der Waals surface area contributed by atoms with Crippen molar-refractivity contribution in [1.29, 1.82) is 0 Å². The van der Waals surface area contributed by atoms with E-state index in [-0.39, 0.29) is 34.1 Å². The number of benzene rings is 4. The molecule has 2 N–H and O–H groups in total. The fourth-order valence-corrected chi connectivity index (χ4v) is 5.29. The van der Waals surface area contributed by atoms with E-state index in [9.17, 15) is 22.8 Å². The van der Waals surface area contributed by atoms with Gasteiger partial charge in [0.05, 0.1) is 39.3 Å². The minimum absolute atomic E-state index is 0.0268. The van der Waals surface area contributed by atoms with Gasteiger partial charge >= 0.3 is 6.18 Å². The van der Waals surface area contributed by atoms with Crippen molar-refractivity contribution < 1.29 is 22.8 Å². The number of aromatic nitrogens is 3. The molecule has 0 atom stereocenters. The summed E-state index contributed by atoms with van der Waals surface area (Å²) >= 11 is 13.3. The lowest BCUT2D eigenvalue weighted by atomic mass is 10.0. The molecule has 7 nitrogen and oxygen atoms in total. The first kappa shape index (κ1) is 29.4. The average Bonchev–Trinajstić information content (AvgIpc) is 3.38. The topological polar surface area (TPSA) is 88.9 Å². The molecule has 0 aliphatic rings. The summed E-state index contributed by atoms with van der Waals surface area (Å²) in [6, 6.07) is 22.5. The number of thioether (sulfide) groups is 1. The molecule has 42 heavy (non-hydrogen) atoms. The summed E-state index contributed by atoms with van der Waals surface area (Å²) in [5.74, 6) is -0.945. The highest BCUT2D eigenvalue weighted by Crippen LogP contribution is 2.35. The molecule has 0 aliphatic heterocycles. The van der Waals surface area contributed by atoms with Crippen LogP contribution in [0, 0.1) is 0 Å². The first-order valence-electron chi connectivity index (χ1n) is 12.4. The van der Waals surface area contributed by atoms with Gasteiger partial charge in [-0.05, 0) is 47.2 Å². The molecular weight excluding hydrogens is 610 g/mol. The lowest BCUT2D eigenvalue weighted by molar-refractivity contribution is -0.137. The van der Waals surface area contributed by atoms with Crippen LogP contribution in [0.4, 0.5) is 18.9 Å². The Morgan fingerprint density at radius 3 is 2.40 bits per heavy atom. The first-order valence-corrected chi connectivity index (χ1v) is 14.1. The maximum absolute atomic E-state index is 13.3. The summed E-state index contributed by atoms with van der Waals surface area (Å²) in [5.41, 5.74) is -0.307. The van der Waals surface area contributed by atoms with Crippen molar-refractivity contribution >= 4 is 63.2 Å². The maximum atomic E-state index is 13.3. The Morgan fingerprint density at radius 2 is 1.62 bits per heavy atom. The van der Waals surface area contributed by atoms with Gasteiger partial charge in [-0.2, -0.15) is 13.2 Å². The van der Waals surface area contributed by atoms with Gasteiger partial charge in [-0.1, -0.05) is 83.5 Å². The van der Waals surface area contributed by atoms with Crippen LogP contribution in [0.5, 0.6) is 0 Å². The van der Waals surface area contributed by atoms with Crippen molar-refractivity contribution in [3.8, 4) is 5.69 Å². The third kappa shape index (κ3) is 6.53. The minimum Gasteiger partial charge on any atom is -0.345 e. The van der Waals surface area contributed by atoms with Crippen LogP contribution in [0.2, 0.25) is 10.0 Å². The van der Waals surface area contributed by atoms with Gasteiger partial charge in [0.25, 0.3) is 5.91 Å². The molecule has 0 unspecified atom stereocenters. The molecule has 1 aromatic heterocycles. The third-order valence-electron chi connectivity index (χ3n) is 6.14. The van der Waals surface area contributed by atoms with E-state index in [1.807, 2.05) is 30.3 Å². The zero-order valence-electron chi connectivity index (χ0n) is 21.5. The van der Waals surface area contributed by atoms with E-state index >= 15 is 0 Å². The number of halogens is 5. The third-order valence-corrected chi connectivity index (χ3v) is 7.81. The number of alkyl halides is 3. The number of carbonyl (C=O) groups is 2. The second-order valence-electron chi connectivity index (χ2n) is 8.92. The van der Waals surface area contributed by atoms with Gasteiger partial charge in [-0.15, -0.1) is 10.2 Å². The van der Waals surface area contributed by atoms with E-state index < -0.39 is 17.6 Å². The molecular formula is C29H20Cl2F3N5O2S. The van der Waals surface area contributed by atoms with Crippen LogP contribution in [0.1, 0.15) is 21.7 Å². The summed E-state index contributed by atoms with van der Waals surface area (Å²) in [5, 5.41) is 16.1. The molecule has 1 heterocycles. The van der Waals surface area contributed by atoms with Crippen molar-refractivity contribution in [2.24, 2.45) is 0 Å². The van der Waals surface area contributed by atoms with Crippen molar-refractivity contribution in [2.45, 2.75) is 17.9 Å². The number of nitrogens with one attached hydrogen (secondary N) is 2. The molecule has 5 rings (SSSR count). The fraction of sp³-hybridized carbons (Fsp3) is 0.103. The highest BCUT2D eigenvalue weighted by Gasteiger charge is 2.33. The predicted molar refractivity (Wildman–Crippen MR) is 157 cm³/mol. The number of anilines is 1. The van der Waals surface area contributed by atoms with Gasteiger partial charge in [0.1, 0.15) is 0 Å². The molecule has 13 heteroatoms. The summed E-state index contributed by atoms with van der Waals surface area (Å²) < 4.78 is 41.6. The molecule has 0 saturated heterocycles. The van der Waals surface area contributed by atoms with Crippen LogP contribution in [-0.4, -0.2) is 32.3 Å². The van der Waals surface area contributed by atoms with E-state index in [1.165, 1.54) is 18.2 Å². The SMILES string of the molecule is O=C(CSc1nnc(CNC(=O)c2cccc3ccccc23)n1-c1ccc(Cl)c(Cl)c1)Nc1ccccc1C(F)(F)F. The van der Waals surface area contributed by atoms with Gasteiger partial charge in [0, 0.05) is 5.56 Å². The van der Waals surface area contributed by atoms with E-state index in [0.717, 1.165) is 28.6 Å². The van der Waals surface area contributed by atoms with Crippen LogP contribution < -0.4 is 10.6 Å². The Morgan fingerprint density at radius 1 is 0.881 bits per heavy atom. The molecule has 5 aromatic rings. The molecule has 0 radical (unpaired) electrons. The highest BCUT2D eigenvalue weighted by molar-refractivity contribution is 7.99. The highest BCUT2D eigenvalue weighted by atomic mass is 35.5. The molecule has 214 valence electrons. The van der Waals surface area contributed by atoms with E-state index in [4.69, 9.17) is 23.2 Å². The number of rotatable bonds is 8. The molecule has 0 spiro atoms. The van der Waals surface area contributed by atoms with Gasteiger partial charge in [-0.25, -0.2) is 0 Å². The Labute approximate surface area is 252 Å². The summed E-state index contributed by atoms with van der Waals surface area (Å²) in [6.07, 6.45) is -4.63. The first-order chi connectivity index (χ1) is 20.1. The number of hydrogen-bond acceptors (Lipinski definition) is 5. The number of hydrogen-bond donors (Lipinski definition) is 2. The van der Waals surface area contributed by atoms with E-state index in [1.54, 1.807) is 34.9 Å². The molecule has 4 aromatic carbocycles. The number of amides is 2. The fourth-order valence-electron chi connectivity index (χ4n) is 4.23. The summed E-state index contributed by atoms with van der Waals surface area (Å²) in [6.45, 7) is -0.0268.